The molecule has 142 valence electrons. The van der Waals surface area contributed by atoms with Crippen molar-refractivity contribution in [2.24, 2.45) is 5.92 Å². The molecule has 0 heterocycles. The summed E-state index contributed by atoms with van der Waals surface area (Å²) >= 11 is 0. The number of methoxy groups -OCH3 is 1. The number of amides is 1. The molecule has 0 saturated heterocycles. The third-order valence-corrected chi connectivity index (χ3v) is 4.41. The summed E-state index contributed by atoms with van der Waals surface area (Å²) in [7, 11) is 1.58. The van der Waals surface area contributed by atoms with Gasteiger partial charge in [-0.1, -0.05) is 27.7 Å². The molecule has 0 saturated carbocycles. The molecule has 25 heavy (non-hydrogen) atoms. The van der Waals surface area contributed by atoms with E-state index in [-0.39, 0.29) is 5.91 Å². The zero-order chi connectivity index (χ0) is 18.9. The summed E-state index contributed by atoms with van der Waals surface area (Å²) in [6, 6.07) is 7.47. The number of hydrogen-bond donors (Lipinski definition) is 1. The standard InChI is InChI=1S/C20H34N2O3/c1-7-22(8-2)13-14-25-18-11-9-17(10-12-18)21-19(23)20(5,24-6)15-16(3)4/h9-12,16H,7-8,13-15H2,1-6H3,(H,21,23)/t20-/m1/s1. The number of ether oxygens (including phenoxy) is 2. The monoisotopic (exact) mass is 350 g/mol. The fraction of sp³-hybridized carbons (Fsp3) is 0.650. The van der Waals surface area contributed by atoms with Gasteiger partial charge >= 0.3 is 0 Å². The second kappa shape index (κ2) is 10.4. The number of nitrogens with one attached hydrogen (secondary N) is 1. The van der Waals surface area contributed by atoms with Crippen molar-refractivity contribution in [3.63, 3.8) is 0 Å². The van der Waals surface area contributed by atoms with Crippen LogP contribution in [-0.2, 0) is 9.53 Å². The van der Waals surface area contributed by atoms with Gasteiger partial charge in [-0.2, -0.15) is 0 Å². The summed E-state index contributed by atoms with van der Waals surface area (Å²) in [5.74, 6) is 1.05. The smallest absolute Gasteiger partial charge is 0.256 e. The Morgan fingerprint density at radius 3 is 2.28 bits per heavy atom. The Labute approximate surface area is 152 Å². The minimum Gasteiger partial charge on any atom is -0.492 e. The summed E-state index contributed by atoms with van der Waals surface area (Å²) in [6.07, 6.45) is 0.669. The highest BCUT2D eigenvalue weighted by Crippen LogP contribution is 2.23. The van der Waals surface area contributed by atoms with Crippen LogP contribution in [0.1, 0.15) is 41.0 Å². The van der Waals surface area contributed by atoms with Gasteiger partial charge in [0.05, 0.1) is 0 Å². The molecule has 0 fully saturated rings. The van der Waals surface area contributed by atoms with Gasteiger partial charge in [-0.15, -0.1) is 0 Å². The first-order chi connectivity index (χ1) is 11.8. The van der Waals surface area contributed by atoms with Crippen LogP contribution in [0, 0.1) is 5.92 Å². The van der Waals surface area contributed by atoms with Crippen molar-refractivity contribution in [2.75, 3.05) is 38.7 Å². The Hall–Kier alpha value is -1.59. The van der Waals surface area contributed by atoms with Gasteiger partial charge in [0.1, 0.15) is 18.0 Å². The van der Waals surface area contributed by atoms with Crippen molar-refractivity contribution in [3.8, 4) is 5.75 Å². The zero-order valence-corrected chi connectivity index (χ0v) is 16.6. The van der Waals surface area contributed by atoms with Crippen LogP contribution in [0.2, 0.25) is 0 Å². The number of benzene rings is 1. The van der Waals surface area contributed by atoms with E-state index in [2.05, 4.69) is 37.9 Å². The SMILES string of the molecule is CCN(CC)CCOc1ccc(NC(=O)[C@@](C)(CC(C)C)OC)cc1. The van der Waals surface area contributed by atoms with Crippen LogP contribution in [0.5, 0.6) is 5.75 Å². The molecule has 1 aromatic carbocycles. The van der Waals surface area contributed by atoms with Crippen LogP contribution < -0.4 is 10.1 Å². The third kappa shape index (κ3) is 7.04. The molecule has 1 aromatic rings. The highest BCUT2D eigenvalue weighted by Gasteiger charge is 2.33. The number of anilines is 1. The van der Waals surface area contributed by atoms with Gasteiger partial charge in [0, 0.05) is 19.3 Å². The highest BCUT2D eigenvalue weighted by atomic mass is 16.5. The first-order valence-electron chi connectivity index (χ1n) is 9.16. The Morgan fingerprint density at radius 1 is 1.20 bits per heavy atom. The van der Waals surface area contributed by atoms with E-state index >= 15 is 0 Å². The lowest BCUT2D eigenvalue weighted by atomic mass is 9.93. The van der Waals surface area contributed by atoms with Gasteiger partial charge in [-0.25, -0.2) is 0 Å². The van der Waals surface area contributed by atoms with E-state index in [1.54, 1.807) is 7.11 Å². The zero-order valence-electron chi connectivity index (χ0n) is 16.6. The van der Waals surface area contributed by atoms with Gasteiger partial charge in [-0.05, 0) is 56.6 Å². The van der Waals surface area contributed by atoms with Crippen LogP contribution in [0.15, 0.2) is 24.3 Å². The topological polar surface area (TPSA) is 50.8 Å². The predicted octanol–water partition coefficient (Wildman–Crippen LogP) is 3.80. The van der Waals surface area contributed by atoms with Crippen LogP contribution in [0.3, 0.4) is 0 Å². The summed E-state index contributed by atoms with van der Waals surface area (Å²) < 4.78 is 11.2. The Kier molecular flexibility index (Phi) is 8.93. The maximum absolute atomic E-state index is 12.5. The minimum atomic E-state index is -0.826. The fourth-order valence-electron chi connectivity index (χ4n) is 2.78. The van der Waals surface area contributed by atoms with E-state index in [1.807, 2.05) is 31.2 Å². The molecule has 0 aliphatic rings. The van der Waals surface area contributed by atoms with Crippen LogP contribution in [0.25, 0.3) is 0 Å². The summed E-state index contributed by atoms with van der Waals surface area (Å²) in [4.78, 5) is 14.8. The van der Waals surface area contributed by atoms with Gasteiger partial charge < -0.3 is 19.7 Å². The highest BCUT2D eigenvalue weighted by molar-refractivity contribution is 5.97. The molecule has 0 radical (unpaired) electrons. The molecule has 0 aliphatic carbocycles. The van der Waals surface area contributed by atoms with Crippen molar-refractivity contribution in [3.05, 3.63) is 24.3 Å². The lowest BCUT2D eigenvalue weighted by Crippen LogP contribution is -2.43. The van der Waals surface area contributed by atoms with Gasteiger partial charge in [-0.3, -0.25) is 4.79 Å². The Morgan fingerprint density at radius 2 is 1.80 bits per heavy atom. The van der Waals surface area contributed by atoms with Gasteiger partial charge in [0.15, 0.2) is 0 Å². The van der Waals surface area contributed by atoms with E-state index in [9.17, 15) is 4.79 Å². The molecule has 0 aromatic heterocycles. The quantitative estimate of drug-likeness (QED) is 0.659. The van der Waals surface area contributed by atoms with Crippen molar-refractivity contribution in [2.45, 2.75) is 46.6 Å². The van der Waals surface area contributed by atoms with Gasteiger partial charge in [0.25, 0.3) is 5.91 Å². The number of hydrogen-bond acceptors (Lipinski definition) is 4. The third-order valence-electron chi connectivity index (χ3n) is 4.41. The lowest BCUT2D eigenvalue weighted by Gasteiger charge is -2.28. The maximum atomic E-state index is 12.5. The maximum Gasteiger partial charge on any atom is 0.256 e. The minimum absolute atomic E-state index is 0.126. The van der Waals surface area contributed by atoms with E-state index < -0.39 is 5.60 Å². The Balaban J connectivity index is 2.57. The summed E-state index contributed by atoms with van der Waals surface area (Å²) in [5.41, 5.74) is -0.0827. The number of carbonyl (C=O) groups is 1. The molecule has 5 heteroatoms. The largest absolute Gasteiger partial charge is 0.492 e. The molecular formula is C20H34N2O3. The van der Waals surface area contributed by atoms with Crippen LogP contribution in [0.4, 0.5) is 5.69 Å². The molecule has 0 bridgehead atoms. The lowest BCUT2D eigenvalue weighted by molar-refractivity contribution is -0.137. The van der Waals surface area contributed by atoms with Crippen molar-refractivity contribution in [1.82, 2.24) is 4.90 Å². The second-order valence-corrected chi connectivity index (χ2v) is 6.89. The molecular weight excluding hydrogens is 316 g/mol. The van der Waals surface area contributed by atoms with Crippen LogP contribution >= 0.6 is 0 Å². The molecule has 1 amide bonds. The summed E-state index contributed by atoms with van der Waals surface area (Å²) in [6.45, 7) is 13.9. The molecule has 1 atom stereocenters. The van der Waals surface area contributed by atoms with E-state index in [4.69, 9.17) is 9.47 Å². The number of carbonyl (C=O) groups excluding carboxylic acids is 1. The first-order valence-corrected chi connectivity index (χ1v) is 9.16. The van der Waals surface area contributed by atoms with Gasteiger partial charge in [0.2, 0.25) is 0 Å². The number of rotatable bonds is 11. The van der Waals surface area contributed by atoms with Crippen LogP contribution in [-0.4, -0.2) is 49.8 Å². The van der Waals surface area contributed by atoms with Crippen molar-refractivity contribution in [1.29, 1.82) is 0 Å². The average Bonchev–Trinajstić information content (AvgIpc) is 2.59. The van der Waals surface area contributed by atoms with E-state index in [0.29, 0.717) is 18.9 Å². The Bertz CT molecular complexity index is 512. The molecule has 1 rings (SSSR count). The summed E-state index contributed by atoms with van der Waals surface area (Å²) in [5, 5.41) is 2.93. The number of likely N-dealkylation sites (N-methyl/N-ethyl adjacent to an activating group) is 1. The number of nitrogens with zero attached hydrogens (tertiary/aromatic N) is 1. The molecule has 1 N–H and O–H groups in total. The molecule has 5 nitrogen and oxygen atoms in total. The fourth-order valence-corrected chi connectivity index (χ4v) is 2.78. The molecule has 0 unspecified atom stereocenters. The molecule has 0 aliphatic heterocycles. The van der Waals surface area contributed by atoms with Crippen molar-refractivity contribution >= 4 is 11.6 Å². The van der Waals surface area contributed by atoms with E-state index in [0.717, 1.165) is 31.1 Å². The van der Waals surface area contributed by atoms with Crippen molar-refractivity contribution < 1.29 is 14.3 Å². The normalized spacial score (nSPS) is 13.8. The first kappa shape index (κ1) is 21.5. The average molecular weight is 351 g/mol. The molecule has 0 spiro atoms. The predicted molar refractivity (Wildman–Crippen MR) is 103 cm³/mol. The second-order valence-electron chi connectivity index (χ2n) is 6.89. The van der Waals surface area contributed by atoms with E-state index in [1.165, 1.54) is 0 Å².